The van der Waals surface area contributed by atoms with E-state index in [0.29, 0.717) is 12.0 Å². The van der Waals surface area contributed by atoms with Gasteiger partial charge in [-0.1, -0.05) is 19.1 Å². The van der Waals surface area contributed by atoms with Crippen molar-refractivity contribution in [3.8, 4) is 28.4 Å². The normalized spacial score (nSPS) is 10.4. The van der Waals surface area contributed by atoms with E-state index >= 15 is 0 Å². The molecule has 0 unspecified atom stereocenters. The second-order valence-corrected chi connectivity index (χ2v) is 3.90. The molecule has 0 aliphatic heterocycles. The van der Waals surface area contributed by atoms with Crippen LogP contribution in [0.4, 0.5) is 0 Å². The smallest absolute Gasteiger partial charge is 0.127 e. The lowest BCUT2D eigenvalue weighted by molar-refractivity contribution is 0.450. The van der Waals surface area contributed by atoms with E-state index in [1.165, 1.54) is 6.07 Å². The van der Waals surface area contributed by atoms with Gasteiger partial charge in [0.1, 0.15) is 17.2 Å². The van der Waals surface area contributed by atoms with E-state index in [0.717, 1.165) is 11.1 Å². The Morgan fingerprint density at radius 3 is 2.35 bits per heavy atom. The zero-order valence-electron chi connectivity index (χ0n) is 9.51. The van der Waals surface area contributed by atoms with E-state index in [2.05, 4.69) is 0 Å². The molecule has 0 aliphatic rings. The van der Waals surface area contributed by atoms with E-state index in [9.17, 15) is 15.3 Å². The second kappa shape index (κ2) is 4.37. The molecule has 0 heterocycles. The Bertz CT molecular complexity index is 547. The van der Waals surface area contributed by atoms with Crippen LogP contribution in [-0.2, 0) is 6.42 Å². The van der Waals surface area contributed by atoms with E-state index in [-0.39, 0.29) is 17.2 Å². The molecule has 3 heteroatoms. The second-order valence-electron chi connectivity index (χ2n) is 3.90. The molecule has 0 fully saturated rings. The van der Waals surface area contributed by atoms with Crippen LogP contribution in [0.25, 0.3) is 11.1 Å². The van der Waals surface area contributed by atoms with Crippen LogP contribution in [0.15, 0.2) is 36.4 Å². The van der Waals surface area contributed by atoms with Crippen molar-refractivity contribution in [2.45, 2.75) is 13.3 Å². The maximum Gasteiger partial charge on any atom is 0.127 e. The molecule has 2 rings (SSSR count). The molecule has 3 N–H and O–H groups in total. The Kier molecular flexibility index (Phi) is 2.91. The standard InChI is InChI=1S/C14H14O3/c1-2-9-6-12(16)8-13(17)14(9)10-4-3-5-11(15)7-10/h3-8,15-17H,2H2,1H3. The maximum absolute atomic E-state index is 9.91. The Labute approximate surface area is 99.6 Å². The third-order valence-corrected chi connectivity index (χ3v) is 2.70. The average molecular weight is 230 g/mol. The van der Waals surface area contributed by atoms with Crippen molar-refractivity contribution >= 4 is 0 Å². The number of hydrogen-bond acceptors (Lipinski definition) is 3. The van der Waals surface area contributed by atoms with E-state index in [1.54, 1.807) is 24.3 Å². The van der Waals surface area contributed by atoms with Crippen molar-refractivity contribution in [1.29, 1.82) is 0 Å². The van der Waals surface area contributed by atoms with Gasteiger partial charge in [-0.25, -0.2) is 0 Å². The molecule has 0 amide bonds. The topological polar surface area (TPSA) is 60.7 Å². The van der Waals surface area contributed by atoms with Crippen LogP contribution >= 0.6 is 0 Å². The SMILES string of the molecule is CCc1cc(O)cc(O)c1-c1cccc(O)c1. The van der Waals surface area contributed by atoms with Gasteiger partial charge in [0, 0.05) is 11.6 Å². The largest absolute Gasteiger partial charge is 0.508 e. The van der Waals surface area contributed by atoms with Gasteiger partial charge in [-0.05, 0) is 35.7 Å². The predicted octanol–water partition coefficient (Wildman–Crippen LogP) is 3.03. The van der Waals surface area contributed by atoms with Gasteiger partial charge < -0.3 is 15.3 Å². The fourth-order valence-electron chi connectivity index (χ4n) is 1.94. The summed E-state index contributed by atoms with van der Waals surface area (Å²) in [5, 5.41) is 28.8. The molecule has 0 saturated heterocycles. The number of hydrogen-bond donors (Lipinski definition) is 3. The van der Waals surface area contributed by atoms with Gasteiger partial charge in [0.15, 0.2) is 0 Å². The lowest BCUT2D eigenvalue weighted by Crippen LogP contribution is -1.88. The minimum Gasteiger partial charge on any atom is -0.508 e. The molecule has 2 aromatic carbocycles. The molecule has 3 nitrogen and oxygen atoms in total. The highest BCUT2D eigenvalue weighted by Gasteiger charge is 2.11. The fourth-order valence-corrected chi connectivity index (χ4v) is 1.94. The van der Waals surface area contributed by atoms with E-state index in [4.69, 9.17) is 0 Å². The zero-order valence-corrected chi connectivity index (χ0v) is 9.51. The van der Waals surface area contributed by atoms with Gasteiger partial charge in [-0.15, -0.1) is 0 Å². The highest BCUT2D eigenvalue weighted by Crippen LogP contribution is 2.37. The molecule has 0 aliphatic carbocycles. The maximum atomic E-state index is 9.91. The monoisotopic (exact) mass is 230 g/mol. The first-order valence-corrected chi connectivity index (χ1v) is 5.46. The van der Waals surface area contributed by atoms with Crippen LogP contribution in [0.2, 0.25) is 0 Å². The van der Waals surface area contributed by atoms with Crippen LogP contribution in [-0.4, -0.2) is 15.3 Å². The van der Waals surface area contributed by atoms with Gasteiger partial charge >= 0.3 is 0 Å². The van der Waals surface area contributed by atoms with Gasteiger partial charge in [-0.3, -0.25) is 0 Å². The summed E-state index contributed by atoms with van der Waals surface area (Å²) in [6, 6.07) is 9.62. The lowest BCUT2D eigenvalue weighted by atomic mass is 9.96. The summed E-state index contributed by atoms with van der Waals surface area (Å²) < 4.78 is 0. The molecule has 2 aromatic rings. The first-order valence-electron chi connectivity index (χ1n) is 5.46. The van der Waals surface area contributed by atoms with Crippen molar-refractivity contribution in [2.75, 3.05) is 0 Å². The molecule has 0 bridgehead atoms. The minimum absolute atomic E-state index is 0.0208. The first kappa shape index (κ1) is 11.3. The van der Waals surface area contributed by atoms with E-state index < -0.39 is 0 Å². The summed E-state index contributed by atoms with van der Waals surface area (Å²) in [6.07, 6.45) is 0.687. The molecule has 17 heavy (non-hydrogen) atoms. The highest BCUT2D eigenvalue weighted by atomic mass is 16.3. The highest BCUT2D eigenvalue weighted by molar-refractivity contribution is 5.75. The number of aromatic hydroxyl groups is 3. The van der Waals surface area contributed by atoms with Crippen molar-refractivity contribution in [2.24, 2.45) is 0 Å². The number of phenolic OH excluding ortho intramolecular Hbond substituents is 3. The molecule has 0 atom stereocenters. The quantitative estimate of drug-likeness (QED) is 0.743. The first-order chi connectivity index (χ1) is 8.11. The Hall–Kier alpha value is -2.16. The molecular weight excluding hydrogens is 216 g/mol. The molecule has 0 spiro atoms. The number of rotatable bonds is 2. The van der Waals surface area contributed by atoms with Crippen molar-refractivity contribution in [3.63, 3.8) is 0 Å². The van der Waals surface area contributed by atoms with E-state index in [1.807, 2.05) is 13.0 Å². The number of phenols is 3. The Balaban J connectivity index is 2.66. The Morgan fingerprint density at radius 2 is 1.71 bits per heavy atom. The lowest BCUT2D eigenvalue weighted by Gasteiger charge is -2.11. The van der Waals surface area contributed by atoms with Gasteiger partial charge in [0.05, 0.1) is 0 Å². The summed E-state index contributed by atoms with van der Waals surface area (Å²) in [4.78, 5) is 0. The average Bonchev–Trinajstić information content (AvgIpc) is 2.27. The van der Waals surface area contributed by atoms with Crippen molar-refractivity contribution in [3.05, 3.63) is 42.0 Å². The zero-order chi connectivity index (χ0) is 12.4. The van der Waals surface area contributed by atoms with Crippen LogP contribution in [0.5, 0.6) is 17.2 Å². The van der Waals surface area contributed by atoms with Gasteiger partial charge in [-0.2, -0.15) is 0 Å². The molecular formula is C14H14O3. The van der Waals surface area contributed by atoms with Crippen LogP contribution in [0.1, 0.15) is 12.5 Å². The van der Waals surface area contributed by atoms with Gasteiger partial charge in [0.2, 0.25) is 0 Å². The molecule has 0 aromatic heterocycles. The summed E-state index contributed by atoms with van der Waals surface area (Å²) in [6.45, 7) is 1.94. The number of benzene rings is 2. The summed E-state index contributed by atoms with van der Waals surface area (Å²) in [7, 11) is 0. The summed E-state index contributed by atoms with van der Waals surface area (Å²) >= 11 is 0. The van der Waals surface area contributed by atoms with Crippen LogP contribution in [0, 0.1) is 0 Å². The predicted molar refractivity (Wildman–Crippen MR) is 66.3 cm³/mol. The summed E-state index contributed by atoms with van der Waals surface area (Å²) in [5.74, 6) is 0.215. The third-order valence-electron chi connectivity index (χ3n) is 2.70. The Morgan fingerprint density at radius 1 is 0.941 bits per heavy atom. The van der Waals surface area contributed by atoms with Gasteiger partial charge in [0.25, 0.3) is 0 Å². The molecule has 88 valence electrons. The van der Waals surface area contributed by atoms with Crippen molar-refractivity contribution < 1.29 is 15.3 Å². The third kappa shape index (κ3) is 2.18. The van der Waals surface area contributed by atoms with Crippen molar-refractivity contribution in [1.82, 2.24) is 0 Å². The fraction of sp³-hybridized carbons (Fsp3) is 0.143. The van der Waals surface area contributed by atoms with Crippen LogP contribution < -0.4 is 0 Å². The molecule has 0 radical (unpaired) electrons. The minimum atomic E-state index is 0.0208. The van der Waals surface area contributed by atoms with Crippen LogP contribution in [0.3, 0.4) is 0 Å². The molecule has 0 saturated carbocycles. The summed E-state index contributed by atoms with van der Waals surface area (Å²) in [5.41, 5.74) is 2.23. The number of aryl methyl sites for hydroxylation is 1.